The molecule has 0 amide bonds. The lowest BCUT2D eigenvalue weighted by atomic mass is 10.0. The van der Waals surface area contributed by atoms with Gasteiger partial charge in [0.1, 0.15) is 24.4 Å². The highest BCUT2D eigenvalue weighted by Crippen LogP contribution is 2.57. The van der Waals surface area contributed by atoms with Gasteiger partial charge in [-0.15, -0.1) is 0 Å². The van der Waals surface area contributed by atoms with Gasteiger partial charge in [0, 0.05) is 6.20 Å². The minimum atomic E-state index is -3.88. The number of nitrogens with two attached hydrogens (primary N) is 1. The van der Waals surface area contributed by atoms with Crippen molar-refractivity contribution in [3.63, 3.8) is 0 Å². The van der Waals surface area contributed by atoms with E-state index in [-0.39, 0.29) is 10.2 Å². The van der Waals surface area contributed by atoms with Crippen LogP contribution in [-0.4, -0.2) is 50.7 Å². The molecule has 24 heavy (non-hydrogen) atoms. The average molecular weight is 403 g/mol. The van der Waals surface area contributed by atoms with E-state index in [0.717, 1.165) is 6.20 Å². The molecule has 1 aromatic heterocycles. The summed E-state index contributed by atoms with van der Waals surface area (Å²) in [4.78, 5) is 23.7. The second-order valence-corrected chi connectivity index (χ2v) is 9.14. The van der Waals surface area contributed by atoms with Gasteiger partial charge in [0.25, 0.3) is 5.56 Å². The molecule has 134 valence electrons. The lowest BCUT2D eigenvalue weighted by molar-refractivity contribution is -0.0159. The van der Waals surface area contributed by atoms with E-state index in [4.69, 9.17) is 38.5 Å². The minimum Gasteiger partial charge on any atom is -0.387 e. The molecule has 0 saturated carbocycles. The van der Waals surface area contributed by atoms with Gasteiger partial charge in [0.15, 0.2) is 0 Å². The van der Waals surface area contributed by atoms with Crippen molar-refractivity contribution in [2.24, 2.45) is 0 Å². The Morgan fingerprint density at radius 3 is 2.58 bits per heavy atom. The molecule has 11 nitrogen and oxygen atoms in total. The Morgan fingerprint density at radius 1 is 1.42 bits per heavy atom. The van der Waals surface area contributed by atoms with Crippen molar-refractivity contribution in [1.29, 1.82) is 5.41 Å². The Morgan fingerprint density at radius 2 is 2.04 bits per heavy atom. The van der Waals surface area contributed by atoms with Crippen LogP contribution >= 0.6 is 28.6 Å². The molecular weight excluding hydrogens is 390 g/mol. The highest BCUT2D eigenvalue weighted by Gasteiger charge is 2.45. The molecule has 1 aliphatic rings. The molecule has 4 atom stereocenters. The third-order valence-corrected chi connectivity index (χ3v) is 4.40. The maximum atomic E-state index is 12.1. The molecule has 2 rings (SSSR count). The summed E-state index contributed by atoms with van der Waals surface area (Å²) in [5.41, 5.74) is -2.22. The summed E-state index contributed by atoms with van der Waals surface area (Å²) in [6.07, 6.45) is -7.97. The number of aromatic nitrogens is 2. The first-order valence-corrected chi connectivity index (χ1v) is 9.79. The minimum absolute atomic E-state index is 0.235. The van der Waals surface area contributed by atoms with E-state index in [0.29, 0.717) is 10.9 Å². The molecule has 1 saturated heterocycles. The Kier molecular flexibility index (Phi) is 5.55. The third-order valence-electron chi connectivity index (χ3n) is 3.37. The topological polar surface area (TPSA) is 170 Å². The van der Waals surface area contributed by atoms with Crippen LogP contribution in [0.25, 0.3) is 0 Å². The van der Waals surface area contributed by atoms with Crippen molar-refractivity contribution < 1.29 is 24.0 Å². The smallest absolute Gasteiger partial charge is 0.380 e. The fourth-order valence-electron chi connectivity index (χ4n) is 2.20. The predicted octanol–water partition coefficient (Wildman–Crippen LogP) is -1.06. The number of rotatable bonds is 5. The first-order chi connectivity index (χ1) is 11.1. The first-order valence-electron chi connectivity index (χ1n) is 6.36. The zero-order valence-electron chi connectivity index (χ0n) is 11.8. The molecule has 0 aromatic carbocycles. The van der Waals surface area contributed by atoms with Gasteiger partial charge in [-0.25, -0.2) is 4.79 Å². The van der Waals surface area contributed by atoms with Crippen LogP contribution in [0, 0.1) is 5.41 Å². The first kappa shape index (κ1) is 19.1. The predicted molar refractivity (Wildman–Crippen MR) is 84.2 cm³/mol. The van der Waals surface area contributed by atoms with Crippen LogP contribution in [0.1, 0.15) is 11.7 Å². The number of aliphatic hydroxyl groups is 2. The van der Waals surface area contributed by atoms with E-state index in [2.05, 4.69) is 4.52 Å². The van der Waals surface area contributed by atoms with Gasteiger partial charge in [-0.3, -0.25) is 19.3 Å². The molecule has 0 spiro atoms. The van der Waals surface area contributed by atoms with Crippen molar-refractivity contribution >= 4 is 34.9 Å². The van der Waals surface area contributed by atoms with Crippen LogP contribution in [0.2, 0.25) is 0 Å². The van der Waals surface area contributed by atoms with E-state index in [1.54, 1.807) is 0 Å². The summed E-state index contributed by atoms with van der Waals surface area (Å²) in [5, 5.41) is 27.1. The highest BCUT2D eigenvalue weighted by atomic mass is 35.9. The molecule has 1 aromatic rings. The molecule has 0 bridgehead atoms. The van der Waals surface area contributed by atoms with Gasteiger partial charge < -0.3 is 25.3 Å². The molecule has 0 radical (unpaired) electrons. The summed E-state index contributed by atoms with van der Waals surface area (Å²) < 4.78 is 22.0. The number of nitrogens with one attached hydrogen (secondary N) is 1. The van der Waals surface area contributed by atoms with E-state index in [1.165, 1.54) is 0 Å². The zero-order chi connectivity index (χ0) is 18.2. The lowest BCUT2D eigenvalue weighted by Crippen LogP contribution is -2.47. The van der Waals surface area contributed by atoms with Crippen LogP contribution in [0.15, 0.2) is 15.8 Å². The Bertz CT molecular complexity index is 805. The van der Waals surface area contributed by atoms with E-state index in [1.807, 2.05) is 0 Å². The Balaban J connectivity index is 2.35. The monoisotopic (exact) mass is 402 g/mol. The molecule has 5 N–H and O–H groups in total. The summed E-state index contributed by atoms with van der Waals surface area (Å²) in [7, 11) is 0. The van der Waals surface area contributed by atoms with Crippen molar-refractivity contribution in [2.75, 3.05) is 12.4 Å². The number of nitrogen functional groups attached to an aromatic ring is 1. The Hall–Kier alpha value is -1.20. The van der Waals surface area contributed by atoms with Crippen LogP contribution in [0.5, 0.6) is 0 Å². The summed E-state index contributed by atoms with van der Waals surface area (Å²) in [6.45, 7) is -0.514. The number of nitrogens with zero attached hydrogens (tertiary/aromatic N) is 2. The van der Waals surface area contributed by atoms with Crippen LogP contribution in [0.4, 0.5) is 0 Å². The molecule has 14 heteroatoms. The number of hydrogen-bond acceptors (Lipinski definition) is 9. The molecule has 0 aliphatic carbocycles. The van der Waals surface area contributed by atoms with Crippen molar-refractivity contribution in [3.05, 3.63) is 32.6 Å². The van der Waals surface area contributed by atoms with Crippen molar-refractivity contribution in [1.82, 2.24) is 9.24 Å². The van der Waals surface area contributed by atoms with Gasteiger partial charge in [0.05, 0.1) is 18.5 Å². The second-order valence-electron chi connectivity index (χ2n) is 4.87. The van der Waals surface area contributed by atoms with Gasteiger partial charge in [-0.2, -0.15) is 4.68 Å². The third kappa shape index (κ3) is 3.72. The standard InChI is InChI=1S/C10H13Cl2N4O7P/c11-24(12,21)22-2-5-6(17)7(18)8(23-5)4-1-15(3-13)10(20)16(14)9(4)19/h1,3,5-8,13,17-18H,2,14H2/t5-,6+,7?,8+/m1/s1. The highest BCUT2D eigenvalue weighted by molar-refractivity contribution is 8.05. The molecule has 1 aliphatic heterocycles. The van der Waals surface area contributed by atoms with Crippen molar-refractivity contribution in [2.45, 2.75) is 24.4 Å². The van der Waals surface area contributed by atoms with Gasteiger partial charge in [-0.1, -0.05) is 0 Å². The number of hydrogen-bond donors (Lipinski definition) is 4. The summed E-state index contributed by atoms with van der Waals surface area (Å²) >= 11 is 10.4. The number of aliphatic hydroxyl groups excluding tert-OH is 2. The summed E-state index contributed by atoms with van der Waals surface area (Å²) in [5.74, 6) is 5.33. The lowest BCUT2D eigenvalue weighted by Gasteiger charge is -2.15. The fourth-order valence-corrected chi connectivity index (χ4v) is 2.86. The fraction of sp³-hybridized carbons (Fsp3) is 0.500. The Labute approximate surface area is 143 Å². The molecule has 1 fully saturated rings. The largest absolute Gasteiger partial charge is 0.387 e. The molecule has 1 unspecified atom stereocenters. The zero-order valence-corrected chi connectivity index (χ0v) is 14.2. The van der Waals surface area contributed by atoms with Gasteiger partial charge in [-0.05, 0) is 22.5 Å². The molecule has 2 heterocycles. The normalized spacial score (nSPS) is 27.3. The van der Waals surface area contributed by atoms with Gasteiger partial charge in [0.2, 0.25) is 0 Å². The molecular formula is C10H13Cl2N4O7P. The van der Waals surface area contributed by atoms with Crippen LogP contribution in [-0.2, 0) is 13.8 Å². The second kappa shape index (κ2) is 6.96. The van der Waals surface area contributed by atoms with E-state index >= 15 is 0 Å². The average Bonchev–Trinajstić information content (AvgIpc) is 2.78. The maximum Gasteiger partial charge on any atom is 0.380 e. The van der Waals surface area contributed by atoms with E-state index in [9.17, 15) is 24.4 Å². The SMILES string of the molecule is N=Cn1cc([C@@H]2O[C@H](COP(=O)(Cl)Cl)[C@H](O)C2O)c(=O)n(N)c1=O. The van der Waals surface area contributed by atoms with Crippen LogP contribution < -0.4 is 17.1 Å². The maximum absolute atomic E-state index is 12.1. The quantitative estimate of drug-likeness (QED) is 0.209. The van der Waals surface area contributed by atoms with Crippen molar-refractivity contribution in [3.8, 4) is 0 Å². The summed E-state index contributed by atoms with van der Waals surface area (Å²) in [6, 6.07) is 0. The number of halogens is 2. The van der Waals surface area contributed by atoms with Gasteiger partial charge >= 0.3 is 11.8 Å². The number of ether oxygens (including phenoxy) is 1. The van der Waals surface area contributed by atoms with Crippen LogP contribution in [0.3, 0.4) is 0 Å². The van der Waals surface area contributed by atoms with E-state index < -0.39 is 48.3 Å².